The summed E-state index contributed by atoms with van der Waals surface area (Å²) in [4.78, 5) is 108. The summed E-state index contributed by atoms with van der Waals surface area (Å²) in [5.41, 5.74) is -2.09. The van der Waals surface area contributed by atoms with Gasteiger partial charge in [0.15, 0.2) is 30.6 Å². The van der Waals surface area contributed by atoms with E-state index in [-0.39, 0.29) is 110 Å². The van der Waals surface area contributed by atoms with Gasteiger partial charge in [0.2, 0.25) is 0 Å². The van der Waals surface area contributed by atoms with Crippen LogP contribution in [0.15, 0.2) is 0 Å². The summed E-state index contributed by atoms with van der Waals surface area (Å²) >= 11 is 0. The predicted molar refractivity (Wildman–Crippen MR) is 369 cm³/mol. The average Bonchev–Trinajstić information content (AvgIpc) is 1.67. The molecule has 15 heteroatoms. The number of carbonyl (C=O) groups excluding carboxylic acids is 9. The summed E-state index contributed by atoms with van der Waals surface area (Å²) < 4.78 is 31.9. The van der Waals surface area contributed by atoms with Crippen LogP contribution in [0.5, 0.6) is 0 Å². The highest BCUT2D eigenvalue weighted by atomic mass is 16.6. The number of hydrogen-bond acceptors (Lipinski definition) is 15. The lowest BCUT2D eigenvalue weighted by Gasteiger charge is -2.56. The maximum absolute atomic E-state index is 12.7. The molecule has 95 heavy (non-hydrogen) atoms. The standard InChI is InChI=1S/C18H28O3.C17H28O2.C15H24O4.C15H24O3.C14H24O3.CH4/c1-4-17(2,3)16(20)21-11-15(19)18-8-12-5-13(9-18)7-14(6-12)10-18;1-4-16(2,3)15(18)19-11-17-8-12-5-13(9-17)7-14(6-12)10-17;1-4-15(2,3)14(17)18-9-13(16)19-12-8-10-5-6-11(12)7-10;1-4-15(2,3)14(17)18-9-13(16)12-8-10-5-6-11(12)7-10;1-4-14(2,3)13(16)17-10-12(15)11-8-6-5-7-9-11;/h12-14H,4-11H2,1-3H3;12-14H,4-11H2,1-3H3;10-12H,4-9H2,1-3H3;10-12H,4-9H2,1-3H3;11H,4-10H2,1-3H3;1H4. The SMILES string of the molecule is C.CCC(C)(C)C(=O)OCC(=O)C12CC3CC(CC(C3)C1)C2.CCC(C)(C)C(=O)OCC(=O)C1CC2CCC1C2.CCC(C)(C)C(=O)OCC(=O)C1CCCCC1.CCC(C)(C)C(=O)OCC(=O)OC1CC2CCC1C2.CCC(C)(C)C(=O)OCC12CC3CC(CC(C3)C1)C2. The van der Waals surface area contributed by atoms with Crippen LogP contribution in [0.4, 0.5) is 0 Å². The van der Waals surface area contributed by atoms with E-state index in [0.717, 1.165) is 131 Å². The van der Waals surface area contributed by atoms with Crippen LogP contribution in [0.1, 0.15) is 304 Å². The average molecular weight is 1330 g/mol. The number of Topliss-reactive ketones (excluding diaryl/α,β-unsaturated/α-hetero) is 3. The molecule has 0 spiro atoms. The monoisotopic (exact) mass is 1330 g/mol. The van der Waals surface area contributed by atoms with E-state index in [1.165, 1.54) is 103 Å². The van der Waals surface area contributed by atoms with Crippen LogP contribution in [-0.4, -0.2) is 92.3 Å². The Balaban J connectivity index is 0.000000188. The van der Waals surface area contributed by atoms with Crippen molar-refractivity contribution in [3.63, 3.8) is 0 Å². The molecule has 0 radical (unpaired) electrons. The number of ketones is 3. The zero-order chi connectivity index (χ0) is 69.2. The van der Waals surface area contributed by atoms with E-state index in [1.54, 1.807) is 0 Å². The molecule has 0 N–H and O–H groups in total. The third-order valence-electron chi connectivity index (χ3n) is 26.0. The van der Waals surface area contributed by atoms with Gasteiger partial charge in [-0.05, 0) is 295 Å². The highest BCUT2D eigenvalue weighted by Gasteiger charge is 2.55. The van der Waals surface area contributed by atoms with E-state index >= 15 is 0 Å². The van der Waals surface area contributed by atoms with Crippen molar-refractivity contribution in [2.75, 3.05) is 33.0 Å². The molecule has 6 unspecified atom stereocenters. The van der Waals surface area contributed by atoms with Gasteiger partial charge in [0.25, 0.3) is 0 Å². The maximum Gasteiger partial charge on any atom is 0.344 e. The minimum Gasteiger partial charge on any atom is -0.465 e. The van der Waals surface area contributed by atoms with Crippen LogP contribution in [0.3, 0.4) is 0 Å². The first-order valence-electron chi connectivity index (χ1n) is 37.7. The van der Waals surface area contributed by atoms with Gasteiger partial charge < -0.3 is 28.4 Å². The number of esters is 6. The van der Waals surface area contributed by atoms with Gasteiger partial charge >= 0.3 is 35.8 Å². The Hall–Kier alpha value is -4.17. The second-order valence-electron chi connectivity index (χ2n) is 35.4. The predicted octanol–water partition coefficient (Wildman–Crippen LogP) is 17.4. The van der Waals surface area contributed by atoms with Crippen molar-refractivity contribution in [3.05, 3.63) is 0 Å². The molecule has 15 nitrogen and oxygen atoms in total. The second-order valence-corrected chi connectivity index (χ2v) is 35.4. The lowest BCUT2D eigenvalue weighted by Crippen LogP contribution is -2.51. The highest BCUT2D eigenvalue weighted by molar-refractivity contribution is 5.89. The van der Waals surface area contributed by atoms with Gasteiger partial charge in [-0.3, -0.25) is 38.4 Å². The Morgan fingerprint density at radius 3 is 1.08 bits per heavy atom. The topological polar surface area (TPSA) is 209 Å². The zero-order valence-electron chi connectivity index (χ0n) is 61.4. The van der Waals surface area contributed by atoms with Crippen molar-refractivity contribution in [1.82, 2.24) is 0 Å². The van der Waals surface area contributed by atoms with Crippen LogP contribution in [0.25, 0.3) is 0 Å². The molecule has 6 atom stereocenters. The summed E-state index contributed by atoms with van der Waals surface area (Å²) in [5, 5.41) is 0. The molecule has 13 fully saturated rings. The summed E-state index contributed by atoms with van der Waals surface area (Å²) in [6.07, 6.45) is 34.0. The molecular weight excluding hydrogens is 1200 g/mol. The fourth-order valence-corrected chi connectivity index (χ4v) is 18.3. The van der Waals surface area contributed by atoms with Crippen molar-refractivity contribution in [2.24, 2.45) is 109 Å². The Kier molecular flexibility index (Phi) is 28.4. The van der Waals surface area contributed by atoms with Crippen LogP contribution in [-0.2, 0) is 71.6 Å². The molecule has 13 aliphatic rings. The van der Waals surface area contributed by atoms with E-state index in [2.05, 4.69) is 6.92 Å². The first kappa shape index (κ1) is 79.8. The van der Waals surface area contributed by atoms with Crippen molar-refractivity contribution in [2.45, 2.75) is 310 Å². The Morgan fingerprint density at radius 1 is 0.358 bits per heavy atom. The molecule has 0 aromatic heterocycles. The molecule has 0 aromatic rings. The van der Waals surface area contributed by atoms with Gasteiger partial charge in [0.1, 0.15) is 19.3 Å². The summed E-state index contributed by atoms with van der Waals surface area (Å²) in [6, 6.07) is 0. The second kappa shape index (κ2) is 33.8. The lowest BCUT2D eigenvalue weighted by atomic mass is 9.48. The molecule has 542 valence electrons. The number of hydrogen-bond donors (Lipinski definition) is 0. The van der Waals surface area contributed by atoms with Crippen molar-refractivity contribution in [3.8, 4) is 0 Å². The normalized spacial score (nSPS) is 31.2. The highest BCUT2D eigenvalue weighted by Crippen LogP contribution is 2.62. The summed E-state index contributed by atoms with van der Waals surface area (Å²) in [5.74, 6) is 6.92. The molecule has 13 saturated carbocycles. The Morgan fingerprint density at radius 2 is 0.716 bits per heavy atom. The molecule has 13 aliphatic carbocycles. The van der Waals surface area contributed by atoms with Crippen LogP contribution >= 0.6 is 0 Å². The molecule has 12 bridgehead atoms. The number of rotatable bonds is 24. The Labute approximate surface area is 574 Å². The van der Waals surface area contributed by atoms with Gasteiger partial charge in [0.05, 0.1) is 33.7 Å². The number of ether oxygens (including phenoxy) is 6. The summed E-state index contributed by atoms with van der Waals surface area (Å²) in [7, 11) is 0. The molecule has 0 amide bonds. The smallest absolute Gasteiger partial charge is 0.344 e. The van der Waals surface area contributed by atoms with Gasteiger partial charge in [-0.15, -0.1) is 0 Å². The number of fused-ring (bicyclic) bond motifs is 4. The van der Waals surface area contributed by atoms with Crippen molar-refractivity contribution >= 4 is 53.2 Å². The van der Waals surface area contributed by atoms with Crippen LogP contribution < -0.4 is 0 Å². The van der Waals surface area contributed by atoms with Crippen molar-refractivity contribution < 1.29 is 71.6 Å². The van der Waals surface area contributed by atoms with Gasteiger partial charge in [-0.25, -0.2) is 4.79 Å². The van der Waals surface area contributed by atoms with Crippen molar-refractivity contribution in [1.29, 1.82) is 0 Å². The van der Waals surface area contributed by atoms with E-state index < -0.39 is 27.6 Å². The molecule has 0 heterocycles. The maximum atomic E-state index is 12.7. The zero-order valence-corrected chi connectivity index (χ0v) is 61.4. The van der Waals surface area contributed by atoms with Crippen LogP contribution in [0, 0.1) is 109 Å². The Bertz CT molecular complexity index is 2540. The van der Waals surface area contributed by atoms with Crippen LogP contribution in [0.2, 0.25) is 0 Å². The third-order valence-corrected chi connectivity index (χ3v) is 26.0. The number of carbonyl (C=O) groups is 9. The van der Waals surface area contributed by atoms with Gasteiger partial charge in [0, 0.05) is 22.7 Å². The molecule has 0 aliphatic heterocycles. The first-order valence-corrected chi connectivity index (χ1v) is 37.7. The third kappa shape index (κ3) is 21.2. The van der Waals surface area contributed by atoms with E-state index in [1.807, 2.05) is 96.9 Å². The molecule has 0 aromatic carbocycles. The van der Waals surface area contributed by atoms with E-state index in [4.69, 9.17) is 28.4 Å². The quantitative estimate of drug-likeness (QED) is 0.0650. The molecule has 0 saturated heterocycles. The molecule has 13 rings (SSSR count). The molecular formula is C80H132O15. The van der Waals surface area contributed by atoms with E-state index in [9.17, 15) is 43.2 Å². The lowest BCUT2D eigenvalue weighted by molar-refractivity contribution is -0.168. The van der Waals surface area contributed by atoms with Gasteiger partial charge in [-0.2, -0.15) is 0 Å². The summed E-state index contributed by atoms with van der Waals surface area (Å²) in [6.45, 7) is 29.0. The first-order chi connectivity index (χ1) is 44.1. The minimum atomic E-state index is -0.535. The fraction of sp³-hybridized carbons (Fsp3) is 0.887. The minimum absolute atomic E-state index is 0. The largest absolute Gasteiger partial charge is 0.465 e. The fourth-order valence-electron chi connectivity index (χ4n) is 18.3. The van der Waals surface area contributed by atoms with Gasteiger partial charge in [-0.1, -0.05) is 67.7 Å². The van der Waals surface area contributed by atoms with E-state index in [0.29, 0.717) is 30.3 Å².